The molecule has 1 saturated carbocycles. The molecule has 0 spiro atoms. The molecule has 1 atom stereocenters. The molecule has 2 aromatic carbocycles. The van der Waals surface area contributed by atoms with E-state index < -0.39 is 5.41 Å². The van der Waals surface area contributed by atoms with E-state index in [1.54, 1.807) is 11.0 Å². The van der Waals surface area contributed by atoms with Gasteiger partial charge < -0.3 is 15.0 Å². The number of nitrogens with zero attached hydrogens (tertiary/aromatic N) is 7. The van der Waals surface area contributed by atoms with Crippen LogP contribution in [0, 0.1) is 5.41 Å². The highest BCUT2D eigenvalue weighted by atomic mass is 16.5. The smallest absolute Gasteiger partial charge is 0.237 e. The lowest BCUT2D eigenvalue weighted by atomic mass is 9.88. The van der Waals surface area contributed by atoms with Gasteiger partial charge in [-0.25, -0.2) is 9.97 Å². The van der Waals surface area contributed by atoms with Gasteiger partial charge in [0.1, 0.15) is 18.1 Å². The van der Waals surface area contributed by atoms with Gasteiger partial charge in [0.15, 0.2) is 5.82 Å². The molecule has 12 heteroatoms. The number of nitrogens with one attached hydrogen (secondary N) is 2. The molecule has 1 aliphatic carbocycles. The number of benzene rings is 2. The number of ether oxygens (including phenoxy) is 1. The standard InChI is InChI=1S/C37H39N9O3/c1-37(36(48)39-27-10-13-30-29(20-27)34(42-41-30)31-4-3-5-32(40-31)49-28-11-12-28)16-19-45(22-37)21-33(47)46-17-14-25(15-18-46)24-6-8-26(9-7-24)35-38-23-44(2)43-35/h3-10,13-14,20,23,28H,11-12,15-19,21-22H2,1-2H3,(H,39,48)(H,41,42)/t37-/m1/s1. The SMILES string of the molecule is Cn1cnc(-c2ccc(C3=CCN(C(=O)CN4CC[C@@](C)(C(=O)Nc5ccc6[nH]nc(-c7cccc(OC8CC8)n7)c6c5)C4)CC3)cc2)n1. The molecule has 12 nitrogen and oxygen atoms in total. The number of likely N-dealkylation sites (tertiary alicyclic amines) is 1. The van der Waals surface area contributed by atoms with Gasteiger partial charge in [0.25, 0.3) is 0 Å². The summed E-state index contributed by atoms with van der Waals surface area (Å²) in [7, 11) is 1.86. The maximum atomic E-state index is 13.6. The predicted molar refractivity (Wildman–Crippen MR) is 186 cm³/mol. The average Bonchev–Trinajstić information content (AvgIpc) is 3.46. The van der Waals surface area contributed by atoms with Gasteiger partial charge in [-0.3, -0.25) is 24.3 Å². The maximum absolute atomic E-state index is 13.6. The summed E-state index contributed by atoms with van der Waals surface area (Å²) in [6.07, 6.45) is 7.70. The monoisotopic (exact) mass is 657 g/mol. The number of anilines is 1. The van der Waals surface area contributed by atoms with E-state index in [0.717, 1.165) is 41.3 Å². The Balaban J connectivity index is 0.866. The largest absolute Gasteiger partial charge is 0.474 e. The van der Waals surface area contributed by atoms with Gasteiger partial charge in [0.2, 0.25) is 17.7 Å². The highest BCUT2D eigenvalue weighted by molar-refractivity contribution is 6.00. The van der Waals surface area contributed by atoms with E-state index in [1.807, 2.05) is 67.4 Å². The Kier molecular flexibility index (Phi) is 7.95. The van der Waals surface area contributed by atoms with Crippen LogP contribution in [-0.2, 0) is 16.6 Å². The average molecular weight is 658 g/mol. The van der Waals surface area contributed by atoms with E-state index >= 15 is 0 Å². The molecule has 3 aliphatic rings. The van der Waals surface area contributed by atoms with E-state index in [0.29, 0.717) is 67.9 Å². The molecule has 2 fully saturated rings. The van der Waals surface area contributed by atoms with Gasteiger partial charge in [-0.05, 0) is 74.6 Å². The third-order valence-corrected chi connectivity index (χ3v) is 9.73. The number of amides is 2. The molecule has 0 bridgehead atoms. The van der Waals surface area contributed by atoms with Crippen LogP contribution in [0.1, 0.15) is 38.2 Å². The Morgan fingerprint density at radius 2 is 1.90 bits per heavy atom. The van der Waals surface area contributed by atoms with Crippen molar-refractivity contribution in [3.05, 3.63) is 78.6 Å². The van der Waals surface area contributed by atoms with Gasteiger partial charge in [0.05, 0.1) is 23.2 Å². The van der Waals surface area contributed by atoms with E-state index in [-0.39, 0.29) is 17.9 Å². The quantitative estimate of drug-likeness (QED) is 0.228. The summed E-state index contributed by atoms with van der Waals surface area (Å²) < 4.78 is 7.58. The fraction of sp³-hybridized carbons (Fsp3) is 0.351. The first-order valence-corrected chi connectivity index (χ1v) is 16.9. The predicted octanol–water partition coefficient (Wildman–Crippen LogP) is 4.93. The van der Waals surface area contributed by atoms with Gasteiger partial charge in [0, 0.05) is 49.4 Å². The molecule has 3 aromatic heterocycles. The first-order chi connectivity index (χ1) is 23.8. The lowest BCUT2D eigenvalue weighted by molar-refractivity contribution is -0.132. The number of aromatic nitrogens is 6. The third-order valence-electron chi connectivity index (χ3n) is 9.73. The molecule has 49 heavy (non-hydrogen) atoms. The third kappa shape index (κ3) is 6.56. The Morgan fingerprint density at radius 1 is 1.06 bits per heavy atom. The van der Waals surface area contributed by atoms with Crippen molar-refractivity contribution in [2.75, 3.05) is 38.0 Å². The van der Waals surface area contributed by atoms with Gasteiger partial charge in [-0.15, -0.1) is 0 Å². The van der Waals surface area contributed by atoms with Crippen LogP contribution in [0.4, 0.5) is 5.69 Å². The van der Waals surface area contributed by atoms with Crippen LogP contribution in [0.2, 0.25) is 0 Å². The minimum Gasteiger partial charge on any atom is -0.474 e. The van der Waals surface area contributed by atoms with Gasteiger partial charge >= 0.3 is 0 Å². The number of hydrogen-bond donors (Lipinski definition) is 2. The van der Waals surface area contributed by atoms with Crippen molar-refractivity contribution in [1.29, 1.82) is 0 Å². The normalized spacial score (nSPS) is 19.6. The summed E-state index contributed by atoms with van der Waals surface area (Å²) in [5.41, 5.74) is 5.73. The number of hydrogen-bond acceptors (Lipinski definition) is 8. The van der Waals surface area contributed by atoms with E-state index in [2.05, 4.69) is 53.7 Å². The zero-order chi connectivity index (χ0) is 33.5. The highest BCUT2D eigenvalue weighted by Crippen LogP contribution is 2.34. The van der Waals surface area contributed by atoms with Crippen LogP contribution in [-0.4, -0.2) is 90.4 Å². The van der Waals surface area contributed by atoms with Crippen molar-refractivity contribution in [3.8, 4) is 28.7 Å². The first kappa shape index (κ1) is 30.9. The summed E-state index contributed by atoms with van der Waals surface area (Å²) in [5.74, 6) is 1.34. The topological polar surface area (TPSA) is 134 Å². The van der Waals surface area contributed by atoms with Crippen LogP contribution in [0.15, 0.2) is 73.1 Å². The molecule has 250 valence electrons. The highest BCUT2D eigenvalue weighted by Gasteiger charge is 2.41. The number of rotatable bonds is 9. The minimum absolute atomic E-state index is 0.0554. The summed E-state index contributed by atoms with van der Waals surface area (Å²) >= 11 is 0. The molecule has 2 amide bonds. The summed E-state index contributed by atoms with van der Waals surface area (Å²) in [5, 5.41) is 16.0. The zero-order valence-corrected chi connectivity index (χ0v) is 27.7. The summed E-state index contributed by atoms with van der Waals surface area (Å²) in [6, 6.07) is 19.7. The van der Waals surface area contributed by atoms with Crippen molar-refractivity contribution in [1.82, 2.24) is 39.7 Å². The number of carbonyl (C=O) groups excluding carboxylic acids is 2. The summed E-state index contributed by atoms with van der Waals surface area (Å²) in [6.45, 7) is 4.75. The van der Waals surface area contributed by atoms with Crippen LogP contribution in [0.5, 0.6) is 5.88 Å². The molecule has 8 rings (SSSR count). The van der Waals surface area contributed by atoms with E-state index in [9.17, 15) is 9.59 Å². The number of fused-ring (bicyclic) bond motifs is 1. The minimum atomic E-state index is -0.615. The fourth-order valence-electron chi connectivity index (χ4n) is 6.67. The molecule has 1 saturated heterocycles. The summed E-state index contributed by atoms with van der Waals surface area (Å²) in [4.78, 5) is 39.9. The fourth-order valence-corrected chi connectivity index (χ4v) is 6.67. The van der Waals surface area contributed by atoms with Crippen molar-refractivity contribution < 1.29 is 14.3 Å². The lowest BCUT2D eigenvalue weighted by Gasteiger charge is -2.29. The van der Waals surface area contributed by atoms with Gasteiger partial charge in [-0.1, -0.05) is 36.4 Å². The number of pyridine rings is 1. The molecule has 0 radical (unpaired) electrons. The Bertz CT molecular complexity index is 2060. The van der Waals surface area contributed by atoms with Crippen molar-refractivity contribution >= 4 is 34.0 Å². The second kappa shape index (κ2) is 12.6. The first-order valence-electron chi connectivity index (χ1n) is 16.9. The molecule has 2 N–H and O–H groups in total. The van der Waals surface area contributed by atoms with E-state index in [1.165, 1.54) is 5.57 Å². The van der Waals surface area contributed by atoms with Crippen molar-refractivity contribution in [3.63, 3.8) is 0 Å². The van der Waals surface area contributed by atoms with Crippen LogP contribution < -0.4 is 10.1 Å². The van der Waals surface area contributed by atoms with E-state index in [4.69, 9.17) is 4.74 Å². The molecule has 5 aromatic rings. The Hall–Kier alpha value is -5.36. The molecular formula is C37H39N9O3. The Labute approximate surface area is 284 Å². The van der Waals surface area contributed by atoms with Crippen molar-refractivity contribution in [2.24, 2.45) is 12.5 Å². The molecule has 0 unspecified atom stereocenters. The number of aryl methyl sites for hydroxylation is 1. The second-order valence-electron chi connectivity index (χ2n) is 13.6. The number of aromatic amines is 1. The maximum Gasteiger partial charge on any atom is 0.237 e. The lowest BCUT2D eigenvalue weighted by Crippen LogP contribution is -2.43. The van der Waals surface area contributed by atoms with Crippen LogP contribution >= 0.6 is 0 Å². The van der Waals surface area contributed by atoms with Crippen LogP contribution in [0.25, 0.3) is 39.3 Å². The zero-order valence-electron chi connectivity index (χ0n) is 27.7. The Morgan fingerprint density at radius 3 is 2.65 bits per heavy atom. The molecule has 5 heterocycles. The van der Waals surface area contributed by atoms with Crippen LogP contribution in [0.3, 0.4) is 0 Å². The van der Waals surface area contributed by atoms with Crippen molar-refractivity contribution in [2.45, 2.75) is 38.7 Å². The molecular weight excluding hydrogens is 618 g/mol. The second-order valence-corrected chi connectivity index (χ2v) is 13.6. The molecule has 2 aliphatic heterocycles. The number of carbonyl (C=O) groups is 2. The number of H-pyrrole nitrogens is 1. The van der Waals surface area contributed by atoms with Gasteiger partial charge in [-0.2, -0.15) is 10.2 Å².